The van der Waals surface area contributed by atoms with Crippen molar-refractivity contribution in [1.29, 1.82) is 0 Å². The van der Waals surface area contributed by atoms with E-state index in [0.29, 0.717) is 5.56 Å². The van der Waals surface area contributed by atoms with Crippen LogP contribution >= 0.6 is 11.6 Å². The number of benzene rings is 2. The van der Waals surface area contributed by atoms with Gasteiger partial charge in [0, 0.05) is 5.56 Å². The van der Waals surface area contributed by atoms with E-state index in [1.54, 1.807) is 12.1 Å². The second-order valence-corrected chi connectivity index (χ2v) is 4.50. The van der Waals surface area contributed by atoms with Crippen molar-refractivity contribution in [1.82, 2.24) is 0 Å². The molecule has 0 unspecified atom stereocenters. The predicted molar refractivity (Wildman–Crippen MR) is 70.7 cm³/mol. The predicted octanol–water partition coefficient (Wildman–Crippen LogP) is 5.18. The van der Waals surface area contributed by atoms with E-state index in [1.165, 1.54) is 6.07 Å². The van der Waals surface area contributed by atoms with E-state index < -0.39 is 0 Å². The molecule has 0 aliphatic rings. The van der Waals surface area contributed by atoms with E-state index in [-0.39, 0.29) is 11.2 Å². The minimum atomic E-state index is -0.196. The van der Waals surface area contributed by atoms with Gasteiger partial charge in [0.25, 0.3) is 0 Å². The molecule has 2 aromatic carbocycles. The monoisotopic (exact) mass is 248 g/mol. The molecule has 2 heteroatoms. The minimum Gasteiger partial charge on any atom is -0.206 e. The first-order valence-electron chi connectivity index (χ1n) is 5.71. The normalized spacial score (nSPS) is 12.4. The zero-order valence-corrected chi connectivity index (χ0v) is 10.4. The van der Waals surface area contributed by atoms with Crippen LogP contribution in [0.1, 0.15) is 24.3 Å². The lowest BCUT2D eigenvalue weighted by atomic mass is 10.0. The van der Waals surface area contributed by atoms with Crippen molar-refractivity contribution in [3.63, 3.8) is 0 Å². The summed E-state index contributed by atoms with van der Waals surface area (Å²) < 4.78 is 13.6. The average Bonchev–Trinajstić information content (AvgIpc) is 2.39. The van der Waals surface area contributed by atoms with Crippen LogP contribution in [-0.2, 0) is 0 Å². The summed E-state index contributed by atoms with van der Waals surface area (Å²) in [6.07, 6.45) is 0.889. The maximum atomic E-state index is 13.6. The molecule has 0 radical (unpaired) electrons. The highest BCUT2D eigenvalue weighted by Gasteiger charge is 2.07. The van der Waals surface area contributed by atoms with Gasteiger partial charge in [-0.15, -0.1) is 11.6 Å². The fourth-order valence-electron chi connectivity index (χ4n) is 1.80. The van der Waals surface area contributed by atoms with Crippen molar-refractivity contribution >= 4 is 11.6 Å². The van der Waals surface area contributed by atoms with Crippen LogP contribution in [0.25, 0.3) is 11.1 Å². The lowest BCUT2D eigenvalue weighted by Gasteiger charge is -2.08. The number of alkyl halides is 1. The largest absolute Gasteiger partial charge is 0.206 e. The molecule has 0 heterocycles. The molecular weight excluding hydrogens is 235 g/mol. The van der Waals surface area contributed by atoms with Gasteiger partial charge in [-0.05, 0) is 23.6 Å². The van der Waals surface area contributed by atoms with E-state index in [2.05, 4.69) is 0 Å². The molecule has 0 N–H and O–H groups in total. The summed E-state index contributed by atoms with van der Waals surface area (Å²) in [5, 5.41) is 0.0321. The highest BCUT2D eigenvalue weighted by atomic mass is 35.5. The van der Waals surface area contributed by atoms with Crippen LogP contribution in [0.3, 0.4) is 0 Å². The van der Waals surface area contributed by atoms with Crippen molar-refractivity contribution < 1.29 is 4.39 Å². The lowest BCUT2D eigenvalue weighted by molar-refractivity contribution is 0.631. The maximum absolute atomic E-state index is 13.6. The van der Waals surface area contributed by atoms with Gasteiger partial charge in [-0.2, -0.15) is 0 Å². The van der Waals surface area contributed by atoms with Gasteiger partial charge in [-0.1, -0.05) is 49.4 Å². The van der Waals surface area contributed by atoms with Crippen LogP contribution in [0, 0.1) is 5.82 Å². The van der Waals surface area contributed by atoms with Crippen LogP contribution in [0.4, 0.5) is 4.39 Å². The molecule has 0 bridgehead atoms. The molecule has 0 nitrogen and oxygen atoms in total. The van der Waals surface area contributed by atoms with Crippen LogP contribution in [0.2, 0.25) is 0 Å². The molecule has 0 fully saturated rings. The highest BCUT2D eigenvalue weighted by Crippen LogP contribution is 2.27. The molecule has 88 valence electrons. The molecule has 0 spiro atoms. The molecule has 2 aromatic rings. The summed E-state index contributed by atoms with van der Waals surface area (Å²) >= 11 is 6.15. The van der Waals surface area contributed by atoms with Gasteiger partial charge in [-0.3, -0.25) is 0 Å². The smallest absolute Gasteiger partial charge is 0.131 e. The Morgan fingerprint density at radius 2 is 1.71 bits per heavy atom. The number of rotatable bonds is 3. The quantitative estimate of drug-likeness (QED) is 0.657. The van der Waals surface area contributed by atoms with Crippen molar-refractivity contribution in [3.05, 3.63) is 59.9 Å². The van der Waals surface area contributed by atoms with Gasteiger partial charge in [-0.25, -0.2) is 4.39 Å². The Morgan fingerprint density at radius 1 is 1.06 bits per heavy atom. The minimum absolute atomic E-state index is 0.0321. The Balaban J connectivity index is 2.33. The van der Waals surface area contributed by atoms with Crippen molar-refractivity contribution in [2.24, 2.45) is 0 Å². The summed E-state index contributed by atoms with van der Waals surface area (Å²) in [4.78, 5) is 0. The molecule has 1 atom stereocenters. The van der Waals surface area contributed by atoms with Crippen LogP contribution in [-0.4, -0.2) is 0 Å². The van der Waals surface area contributed by atoms with Gasteiger partial charge < -0.3 is 0 Å². The third-order valence-corrected chi connectivity index (χ3v) is 3.38. The third kappa shape index (κ3) is 2.67. The number of halogens is 2. The summed E-state index contributed by atoms with van der Waals surface area (Å²) in [6.45, 7) is 2.04. The first kappa shape index (κ1) is 12.1. The van der Waals surface area contributed by atoms with Gasteiger partial charge in [0.2, 0.25) is 0 Å². The van der Waals surface area contributed by atoms with Gasteiger partial charge in [0.15, 0.2) is 0 Å². The second kappa shape index (κ2) is 5.33. The van der Waals surface area contributed by atoms with E-state index in [9.17, 15) is 4.39 Å². The lowest BCUT2D eigenvalue weighted by Crippen LogP contribution is -1.89. The van der Waals surface area contributed by atoms with Gasteiger partial charge in [0.1, 0.15) is 5.82 Å². The number of hydrogen-bond acceptors (Lipinski definition) is 0. The Morgan fingerprint density at radius 3 is 2.29 bits per heavy atom. The molecule has 0 saturated carbocycles. The Hall–Kier alpha value is -1.34. The van der Waals surface area contributed by atoms with E-state index in [0.717, 1.165) is 17.5 Å². The molecular formula is C15H14ClF. The second-order valence-electron chi connectivity index (χ2n) is 3.98. The zero-order valence-electron chi connectivity index (χ0n) is 9.66. The summed E-state index contributed by atoms with van der Waals surface area (Å²) in [5.41, 5.74) is 2.59. The Labute approximate surface area is 106 Å². The first-order valence-corrected chi connectivity index (χ1v) is 6.15. The van der Waals surface area contributed by atoms with Gasteiger partial charge in [0.05, 0.1) is 5.38 Å². The SMILES string of the molecule is CC[C@@H](Cl)c1ccc(-c2ccccc2F)cc1. The molecule has 2 rings (SSSR count). The average molecular weight is 249 g/mol. The molecule has 0 aromatic heterocycles. The van der Waals surface area contributed by atoms with E-state index in [1.807, 2.05) is 37.3 Å². The van der Waals surface area contributed by atoms with Crippen LogP contribution in [0.5, 0.6) is 0 Å². The summed E-state index contributed by atoms with van der Waals surface area (Å²) in [5.74, 6) is -0.196. The van der Waals surface area contributed by atoms with Crippen molar-refractivity contribution in [2.75, 3.05) is 0 Å². The zero-order chi connectivity index (χ0) is 12.3. The molecule has 0 amide bonds. The third-order valence-electron chi connectivity index (χ3n) is 2.82. The molecule has 0 saturated heterocycles. The van der Waals surface area contributed by atoms with Gasteiger partial charge >= 0.3 is 0 Å². The van der Waals surface area contributed by atoms with Crippen LogP contribution in [0.15, 0.2) is 48.5 Å². The standard InChI is InChI=1S/C15H14ClF/c1-2-14(16)12-9-7-11(8-10-12)13-5-3-4-6-15(13)17/h3-10,14H,2H2,1H3/t14-/m1/s1. The van der Waals surface area contributed by atoms with Crippen molar-refractivity contribution in [3.8, 4) is 11.1 Å². The fraction of sp³-hybridized carbons (Fsp3) is 0.200. The highest BCUT2D eigenvalue weighted by molar-refractivity contribution is 6.20. The molecule has 0 aliphatic carbocycles. The Kier molecular flexibility index (Phi) is 3.80. The number of hydrogen-bond donors (Lipinski definition) is 0. The van der Waals surface area contributed by atoms with E-state index >= 15 is 0 Å². The molecule has 0 aliphatic heterocycles. The first-order chi connectivity index (χ1) is 8.22. The van der Waals surface area contributed by atoms with Crippen molar-refractivity contribution in [2.45, 2.75) is 18.7 Å². The topological polar surface area (TPSA) is 0 Å². The maximum Gasteiger partial charge on any atom is 0.131 e. The summed E-state index contributed by atoms with van der Waals surface area (Å²) in [6, 6.07) is 14.5. The summed E-state index contributed by atoms with van der Waals surface area (Å²) in [7, 11) is 0. The van der Waals surface area contributed by atoms with E-state index in [4.69, 9.17) is 11.6 Å². The molecule has 17 heavy (non-hydrogen) atoms. The van der Waals surface area contributed by atoms with Crippen LogP contribution < -0.4 is 0 Å². The Bertz CT molecular complexity index is 491. The fourth-order valence-corrected chi connectivity index (χ4v) is 1.95.